The van der Waals surface area contributed by atoms with Crippen LogP contribution in [0.1, 0.15) is 13.3 Å². The van der Waals surface area contributed by atoms with Gasteiger partial charge >= 0.3 is 0 Å². The summed E-state index contributed by atoms with van der Waals surface area (Å²) in [6.45, 7) is 3.95. The Labute approximate surface area is 186 Å². The SMILES string of the molecule is CC(C(=O)N1CCOCC1)N1CC[C@H](NS(=O)(=O)c2ccc3cc(Cl)ccc3c2)C1=O. The lowest BCUT2D eigenvalue weighted by Crippen LogP contribution is -2.52. The third-order valence-electron chi connectivity index (χ3n) is 5.77. The number of sulfonamides is 1. The van der Waals surface area contributed by atoms with Crippen molar-refractivity contribution in [3.63, 3.8) is 0 Å². The highest BCUT2D eigenvalue weighted by molar-refractivity contribution is 7.89. The van der Waals surface area contributed by atoms with Crippen LogP contribution >= 0.6 is 11.6 Å². The lowest BCUT2D eigenvalue weighted by atomic mass is 10.1. The molecule has 2 fully saturated rings. The van der Waals surface area contributed by atoms with Gasteiger partial charge in [0.1, 0.15) is 12.1 Å². The molecule has 2 aliphatic rings. The molecule has 2 heterocycles. The average molecular weight is 466 g/mol. The monoisotopic (exact) mass is 465 g/mol. The molecule has 2 atom stereocenters. The predicted octanol–water partition coefficient (Wildman–Crippen LogP) is 1.62. The molecule has 2 aliphatic heterocycles. The van der Waals surface area contributed by atoms with E-state index in [4.69, 9.17) is 16.3 Å². The number of carbonyl (C=O) groups is 2. The van der Waals surface area contributed by atoms with Crippen LogP contribution in [0, 0.1) is 0 Å². The molecule has 2 saturated heterocycles. The summed E-state index contributed by atoms with van der Waals surface area (Å²) < 4.78 is 33.6. The molecule has 0 spiro atoms. The Balaban J connectivity index is 1.46. The van der Waals surface area contributed by atoms with E-state index in [0.717, 1.165) is 10.8 Å². The van der Waals surface area contributed by atoms with Crippen molar-refractivity contribution in [1.82, 2.24) is 14.5 Å². The topological polar surface area (TPSA) is 96.0 Å². The van der Waals surface area contributed by atoms with Gasteiger partial charge in [0, 0.05) is 24.7 Å². The Hall–Kier alpha value is -2.20. The number of hydrogen-bond donors (Lipinski definition) is 1. The Kier molecular flexibility index (Phi) is 6.20. The van der Waals surface area contributed by atoms with Crippen molar-refractivity contribution in [2.75, 3.05) is 32.8 Å². The maximum absolute atomic E-state index is 12.9. The van der Waals surface area contributed by atoms with E-state index in [1.807, 2.05) is 0 Å². The second-order valence-corrected chi connectivity index (χ2v) is 9.91. The van der Waals surface area contributed by atoms with Crippen molar-refractivity contribution in [3.8, 4) is 0 Å². The Morgan fingerprint density at radius 1 is 1.13 bits per heavy atom. The van der Waals surface area contributed by atoms with E-state index in [0.29, 0.717) is 44.3 Å². The standard InChI is InChI=1S/C21H24ClN3O5S/c1-14(20(26)24-8-10-30-11-9-24)25-7-6-19(21(25)27)23-31(28,29)18-5-3-15-12-17(22)4-2-16(15)13-18/h2-5,12-14,19,23H,6-11H2,1H3/t14?,19-/m0/s1. The summed E-state index contributed by atoms with van der Waals surface area (Å²) >= 11 is 5.98. The molecule has 0 saturated carbocycles. The number of rotatable bonds is 5. The Bertz CT molecular complexity index is 1120. The van der Waals surface area contributed by atoms with Crippen LogP contribution in [-0.2, 0) is 24.3 Å². The molecule has 10 heteroatoms. The summed E-state index contributed by atoms with van der Waals surface area (Å²) in [4.78, 5) is 28.8. The number of ether oxygens (including phenoxy) is 1. The molecule has 0 radical (unpaired) electrons. The summed E-state index contributed by atoms with van der Waals surface area (Å²) in [6, 6.07) is 8.37. The van der Waals surface area contributed by atoms with Gasteiger partial charge in [-0.1, -0.05) is 23.7 Å². The highest BCUT2D eigenvalue weighted by Gasteiger charge is 2.40. The van der Waals surface area contributed by atoms with Crippen molar-refractivity contribution in [1.29, 1.82) is 0 Å². The van der Waals surface area contributed by atoms with E-state index >= 15 is 0 Å². The summed E-state index contributed by atoms with van der Waals surface area (Å²) in [5, 5.41) is 2.13. The van der Waals surface area contributed by atoms with Crippen LogP contribution in [0.4, 0.5) is 0 Å². The van der Waals surface area contributed by atoms with Gasteiger partial charge in [-0.05, 0) is 48.4 Å². The van der Waals surface area contributed by atoms with Crippen LogP contribution in [0.15, 0.2) is 41.3 Å². The molecule has 2 amide bonds. The van der Waals surface area contributed by atoms with Crippen LogP contribution in [0.5, 0.6) is 0 Å². The molecule has 0 aromatic heterocycles. The van der Waals surface area contributed by atoms with Crippen LogP contribution < -0.4 is 4.72 Å². The van der Waals surface area contributed by atoms with Crippen LogP contribution in [0.3, 0.4) is 0 Å². The number of likely N-dealkylation sites (tertiary alicyclic amines) is 1. The first-order valence-electron chi connectivity index (χ1n) is 10.1. The zero-order valence-corrected chi connectivity index (χ0v) is 18.7. The number of carbonyl (C=O) groups excluding carboxylic acids is 2. The molecule has 2 aromatic rings. The fourth-order valence-corrected chi connectivity index (χ4v) is 5.43. The zero-order valence-electron chi connectivity index (χ0n) is 17.1. The minimum Gasteiger partial charge on any atom is -0.378 e. The molecule has 1 N–H and O–H groups in total. The van der Waals surface area contributed by atoms with Gasteiger partial charge in [-0.15, -0.1) is 0 Å². The Morgan fingerprint density at radius 2 is 1.81 bits per heavy atom. The summed E-state index contributed by atoms with van der Waals surface area (Å²) in [5.41, 5.74) is 0. The van der Waals surface area contributed by atoms with Gasteiger partial charge in [-0.25, -0.2) is 8.42 Å². The second-order valence-electron chi connectivity index (χ2n) is 7.76. The molecule has 4 rings (SSSR count). The maximum Gasteiger partial charge on any atom is 0.245 e. The lowest BCUT2D eigenvalue weighted by molar-refractivity contribution is -0.146. The quantitative estimate of drug-likeness (QED) is 0.723. The number of halogens is 1. The minimum atomic E-state index is -3.91. The molecule has 0 bridgehead atoms. The molecule has 2 aromatic carbocycles. The van der Waals surface area contributed by atoms with Gasteiger partial charge in [0.15, 0.2) is 0 Å². The Morgan fingerprint density at radius 3 is 2.55 bits per heavy atom. The van der Waals surface area contributed by atoms with E-state index in [1.165, 1.54) is 11.0 Å². The first-order chi connectivity index (χ1) is 14.8. The summed E-state index contributed by atoms with van der Waals surface area (Å²) in [7, 11) is -3.91. The normalized spacial score (nSPS) is 21.0. The number of fused-ring (bicyclic) bond motifs is 1. The van der Waals surface area contributed by atoms with E-state index < -0.39 is 22.1 Å². The largest absolute Gasteiger partial charge is 0.378 e. The predicted molar refractivity (Wildman–Crippen MR) is 116 cm³/mol. The van der Waals surface area contributed by atoms with Crippen LogP contribution in [-0.4, -0.2) is 75.0 Å². The number of amides is 2. The van der Waals surface area contributed by atoms with Gasteiger partial charge < -0.3 is 14.5 Å². The van der Waals surface area contributed by atoms with Gasteiger partial charge in [0.2, 0.25) is 21.8 Å². The van der Waals surface area contributed by atoms with Crippen molar-refractivity contribution in [3.05, 3.63) is 41.4 Å². The van der Waals surface area contributed by atoms with E-state index in [1.54, 1.807) is 42.2 Å². The first-order valence-corrected chi connectivity index (χ1v) is 12.0. The van der Waals surface area contributed by atoms with Gasteiger partial charge in [0.05, 0.1) is 18.1 Å². The summed E-state index contributed by atoms with van der Waals surface area (Å²) in [6.07, 6.45) is 0.308. The summed E-state index contributed by atoms with van der Waals surface area (Å²) in [5.74, 6) is -0.529. The highest BCUT2D eigenvalue weighted by Crippen LogP contribution is 2.24. The van der Waals surface area contributed by atoms with Gasteiger partial charge in [-0.3, -0.25) is 9.59 Å². The van der Waals surface area contributed by atoms with Crippen molar-refractivity contribution in [2.24, 2.45) is 0 Å². The van der Waals surface area contributed by atoms with E-state index in [-0.39, 0.29) is 16.7 Å². The number of nitrogens with one attached hydrogen (secondary N) is 1. The fraction of sp³-hybridized carbons (Fsp3) is 0.429. The molecule has 31 heavy (non-hydrogen) atoms. The van der Waals surface area contributed by atoms with Gasteiger partial charge in [0.25, 0.3) is 0 Å². The second kappa shape index (κ2) is 8.74. The van der Waals surface area contributed by atoms with Gasteiger partial charge in [-0.2, -0.15) is 4.72 Å². The van der Waals surface area contributed by atoms with Crippen LogP contribution in [0.25, 0.3) is 10.8 Å². The molecular weight excluding hydrogens is 442 g/mol. The molecular formula is C21H24ClN3O5S. The first kappa shape index (κ1) is 22.0. The minimum absolute atomic E-state index is 0.0750. The smallest absolute Gasteiger partial charge is 0.245 e. The third kappa shape index (κ3) is 4.55. The fourth-order valence-electron chi connectivity index (χ4n) is 3.99. The average Bonchev–Trinajstić information content (AvgIpc) is 3.12. The third-order valence-corrected chi connectivity index (χ3v) is 7.47. The van der Waals surface area contributed by atoms with Crippen molar-refractivity contribution in [2.45, 2.75) is 30.3 Å². The molecule has 0 aliphatic carbocycles. The number of hydrogen-bond acceptors (Lipinski definition) is 5. The number of benzene rings is 2. The molecule has 1 unspecified atom stereocenters. The number of morpholine rings is 1. The highest BCUT2D eigenvalue weighted by atomic mass is 35.5. The molecule has 166 valence electrons. The zero-order chi connectivity index (χ0) is 22.2. The van der Waals surface area contributed by atoms with E-state index in [9.17, 15) is 18.0 Å². The lowest BCUT2D eigenvalue weighted by Gasteiger charge is -2.32. The van der Waals surface area contributed by atoms with E-state index in [2.05, 4.69) is 4.72 Å². The molecule has 8 nitrogen and oxygen atoms in total. The van der Waals surface area contributed by atoms with Crippen molar-refractivity contribution < 1.29 is 22.7 Å². The van der Waals surface area contributed by atoms with Crippen LogP contribution in [0.2, 0.25) is 5.02 Å². The van der Waals surface area contributed by atoms with Crippen molar-refractivity contribution >= 4 is 44.2 Å². The maximum atomic E-state index is 12.9. The number of nitrogens with zero attached hydrogens (tertiary/aromatic N) is 2.